The molecule has 0 aliphatic heterocycles. The Labute approximate surface area is 166 Å². The summed E-state index contributed by atoms with van der Waals surface area (Å²) >= 11 is 5.15. The van der Waals surface area contributed by atoms with Crippen LogP contribution in [0.2, 0.25) is 0 Å². The minimum Gasteiger partial charge on any atom is -0.494 e. The SMILES string of the molecule is CN(C)c1ccc(N=Cc2c(O)n(Cc3ccc(F)cc3)c(=S)[nH]c2=O)cc1. The third-order valence-corrected chi connectivity index (χ3v) is 4.49. The standard InChI is InChI=1S/C20H19FN4O2S/c1-24(2)16-9-7-15(8-10-16)22-11-17-18(26)23-20(28)25(19(17)27)12-13-3-5-14(21)6-4-13/h3-11,27H,12H2,1-2H3,(H,23,26,28). The average Bonchev–Trinajstić information content (AvgIpc) is 2.66. The molecular formula is C20H19FN4O2S. The Kier molecular flexibility index (Phi) is 5.70. The molecule has 0 radical (unpaired) electrons. The molecule has 0 atom stereocenters. The minimum atomic E-state index is -0.536. The lowest BCUT2D eigenvalue weighted by atomic mass is 10.2. The van der Waals surface area contributed by atoms with Gasteiger partial charge in [-0.15, -0.1) is 0 Å². The second kappa shape index (κ2) is 8.18. The van der Waals surface area contributed by atoms with Crippen LogP contribution in [-0.2, 0) is 6.54 Å². The van der Waals surface area contributed by atoms with Crippen molar-refractivity contribution in [2.24, 2.45) is 4.99 Å². The van der Waals surface area contributed by atoms with Gasteiger partial charge in [-0.25, -0.2) is 4.39 Å². The molecule has 6 nitrogen and oxygen atoms in total. The van der Waals surface area contributed by atoms with E-state index in [2.05, 4.69) is 9.98 Å². The molecule has 2 N–H and O–H groups in total. The molecule has 0 saturated heterocycles. The van der Waals surface area contributed by atoms with E-state index in [1.54, 1.807) is 12.1 Å². The molecule has 0 amide bonds. The van der Waals surface area contributed by atoms with Gasteiger partial charge in [-0.05, 0) is 54.2 Å². The van der Waals surface area contributed by atoms with E-state index >= 15 is 0 Å². The molecule has 0 aliphatic carbocycles. The fraction of sp³-hybridized carbons (Fsp3) is 0.150. The first-order chi connectivity index (χ1) is 13.3. The number of aliphatic imine (C=N–C) groups is 1. The van der Waals surface area contributed by atoms with Crippen molar-refractivity contribution in [1.29, 1.82) is 0 Å². The fourth-order valence-electron chi connectivity index (χ4n) is 2.59. The van der Waals surface area contributed by atoms with E-state index in [0.29, 0.717) is 5.69 Å². The Balaban J connectivity index is 1.93. The highest BCUT2D eigenvalue weighted by molar-refractivity contribution is 7.71. The number of aromatic amines is 1. The molecule has 1 aromatic heterocycles. The summed E-state index contributed by atoms with van der Waals surface area (Å²) in [5.41, 5.74) is 1.84. The molecule has 144 valence electrons. The molecular weight excluding hydrogens is 379 g/mol. The van der Waals surface area contributed by atoms with Crippen LogP contribution in [0.25, 0.3) is 0 Å². The van der Waals surface area contributed by atoms with Crippen LogP contribution in [0.1, 0.15) is 11.1 Å². The molecule has 8 heteroatoms. The quantitative estimate of drug-likeness (QED) is 0.509. The summed E-state index contributed by atoms with van der Waals surface area (Å²) in [6.07, 6.45) is 1.30. The topological polar surface area (TPSA) is 73.6 Å². The number of aromatic nitrogens is 2. The van der Waals surface area contributed by atoms with Crippen molar-refractivity contribution >= 4 is 29.8 Å². The maximum Gasteiger partial charge on any atom is 0.264 e. The molecule has 0 spiro atoms. The zero-order chi connectivity index (χ0) is 20.3. The highest BCUT2D eigenvalue weighted by Crippen LogP contribution is 2.19. The van der Waals surface area contributed by atoms with E-state index in [9.17, 15) is 14.3 Å². The maximum absolute atomic E-state index is 13.1. The van der Waals surface area contributed by atoms with Gasteiger partial charge in [0.2, 0.25) is 5.88 Å². The van der Waals surface area contributed by atoms with Crippen LogP contribution in [0.3, 0.4) is 0 Å². The zero-order valence-electron chi connectivity index (χ0n) is 15.4. The predicted molar refractivity (Wildman–Crippen MR) is 111 cm³/mol. The van der Waals surface area contributed by atoms with Gasteiger partial charge in [0.1, 0.15) is 11.4 Å². The zero-order valence-corrected chi connectivity index (χ0v) is 16.2. The van der Waals surface area contributed by atoms with Gasteiger partial charge in [-0.3, -0.25) is 19.3 Å². The van der Waals surface area contributed by atoms with Crippen LogP contribution in [0, 0.1) is 10.6 Å². The molecule has 2 aromatic carbocycles. The van der Waals surface area contributed by atoms with Crippen LogP contribution in [0.5, 0.6) is 5.88 Å². The lowest BCUT2D eigenvalue weighted by Gasteiger charge is -2.12. The van der Waals surface area contributed by atoms with Gasteiger partial charge < -0.3 is 10.0 Å². The monoisotopic (exact) mass is 398 g/mol. The number of hydrogen-bond acceptors (Lipinski definition) is 5. The van der Waals surface area contributed by atoms with Crippen molar-refractivity contribution in [3.05, 3.63) is 80.6 Å². The van der Waals surface area contributed by atoms with Crippen LogP contribution in [0.15, 0.2) is 58.3 Å². The maximum atomic E-state index is 13.1. The van der Waals surface area contributed by atoms with E-state index in [-0.39, 0.29) is 28.6 Å². The molecule has 1 heterocycles. The summed E-state index contributed by atoms with van der Waals surface area (Å²) < 4.78 is 14.5. The number of benzene rings is 2. The molecule has 0 unspecified atom stereocenters. The smallest absolute Gasteiger partial charge is 0.264 e. The van der Waals surface area contributed by atoms with Crippen molar-refractivity contribution < 1.29 is 9.50 Å². The third-order valence-electron chi connectivity index (χ3n) is 4.17. The number of hydrogen-bond donors (Lipinski definition) is 2. The summed E-state index contributed by atoms with van der Waals surface area (Å²) in [7, 11) is 3.87. The van der Waals surface area contributed by atoms with Gasteiger partial charge in [0.05, 0.1) is 12.2 Å². The minimum absolute atomic E-state index is 0.00704. The molecule has 0 fully saturated rings. The van der Waals surface area contributed by atoms with Gasteiger partial charge in [-0.1, -0.05) is 12.1 Å². The van der Waals surface area contributed by atoms with E-state index in [4.69, 9.17) is 12.2 Å². The Morgan fingerprint density at radius 3 is 2.43 bits per heavy atom. The fourth-order valence-corrected chi connectivity index (χ4v) is 2.83. The first-order valence-corrected chi connectivity index (χ1v) is 8.88. The third kappa shape index (κ3) is 4.34. The van der Waals surface area contributed by atoms with Crippen molar-refractivity contribution in [2.75, 3.05) is 19.0 Å². The average molecular weight is 398 g/mol. The van der Waals surface area contributed by atoms with Crippen molar-refractivity contribution in [1.82, 2.24) is 9.55 Å². The first kappa shape index (κ1) is 19.5. The Morgan fingerprint density at radius 1 is 1.18 bits per heavy atom. The van der Waals surface area contributed by atoms with E-state index < -0.39 is 5.56 Å². The molecule has 0 aliphatic rings. The Bertz CT molecular complexity index is 1120. The van der Waals surface area contributed by atoms with Crippen molar-refractivity contribution in [3.8, 4) is 5.88 Å². The number of H-pyrrole nitrogens is 1. The van der Waals surface area contributed by atoms with Gasteiger partial charge in [0.25, 0.3) is 5.56 Å². The van der Waals surface area contributed by atoms with Gasteiger partial charge in [0, 0.05) is 26.0 Å². The number of anilines is 1. The highest BCUT2D eigenvalue weighted by atomic mass is 32.1. The van der Waals surface area contributed by atoms with Crippen LogP contribution >= 0.6 is 12.2 Å². The Morgan fingerprint density at radius 2 is 1.82 bits per heavy atom. The predicted octanol–water partition coefficient (Wildman–Crippen LogP) is 3.62. The first-order valence-electron chi connectivity index (χ1n) is 8.47. The lowest BCUT2D eigenvalue weighted by Crippen LogP contribution is -2.19. The highest BCUT2D eigenvalue weighted by Gasteiger charge is 2.11. The van der Waals surface area contributed by atoms with Gasteiger partial charge in [0.15, 0.2) is 4.77 Å². The molecule has 3 rings (SSSR count). The Hall–Kier alpha value is -3.26. The van der Waals surface area contributed by atoms with Crippen molar-refractivity contribution in [3.63, 3.8) is 0 Å². The van der Waals surface area contributed by atoms with E-state index in [1.165, 1.54) is 22.9 Å². The number of halogens is 1. The van der Waals surface area contributed by atoms with Crippen LogP contribution in [-0.4, -0.2) is 35.0 Å². The van der Waals surface area contributed by atoms with E-state index in [1.807, 2.05) is 43.3 Å². The number of nitrogens with zero attached hydrogens (tertiary/aromatic N) is 3. The summed E-state index contributed by atoms with van der Waals surface area (Å²) in [6, 6.07) is 13.2. The van der Waals surface area contributed by atoms with Crippen LogP contribution < -0.4 is 10.5 Å². The summed E-state index contributed by atoms with van der Waals surface area (Å²) in [5.74, 6) is -0.655. The summed E-state index contributed by atoms with van der Waals surface area (Å²) in [6.45, 7) is 0.181. The summed E-state index contributed by atoms with van der Waals surface area (Å²) in [4.78, 5) is 21.0. The normalized spacial score (nSPS) is 11.1. The number of nitrogens with one attached hydrogen (secondary N) is 1. The van der Waals surface area contributed by atoms with Gasteiger partial charge >= 0.3 is 0 Å². The van der Waals surface area contributed by atoms with E-state index in [0.717, 1.165) is 11.3 Å². The van der Waals surface area contributed by atoms with Gasteiger partial charge in [-0.2, -0.15) is 0 Å². The summed E-state index contributed by atoms with van der Waals surface area (Å²) in [5, 5.41) is 10.6. The second-order valence-electron chi connectivity index (χ2n) is 6.38. The van der Waals surface area contributed by atoms with Crippen LogP contribution in [0.4, 0.5) is 15.8 Å². The molecule has 0 saturated carbocycles. The number of rotatable bonds is 5. The molecule has 28 heavy (non-hydrogen) atoms. The lowest BCUT2D eigenvalue weighted by molar-refractivity contribution is 0.411. The van der Waals surface area contributed by atoms with Crippen molar-refractivity contribution in [2.45, 2.75) is 6.54 Å². The molecule has 0 bridgehead atoms. The number of aromatic hydroxyl groups is 1. The second-order valence-corrected chi connectivity index (χ2v) is 6.76. The largest absolute Gasteiger partial charge is 0.494 e. The molecule has 3 aromatic rings.